The van der Waals surface area contributed by atoms with E-state index < -0.39 is 10.0 Å². The number of hydrogen-bond donors (Lipinski definition) is 2. The van der Waals surface area contributed by atoms with Gasteiger partial charge in [-0.3, -0.25) is 0 Å². The average molecular weight is 264 g/mol. The largest absolute Gasteiger partial charge is 0.349 e. The molecule has 0 spiro atoms. The minimum absolute atomic E-state index is 0.263. The van der Waals surface area contributed by atoms with Crippen LogP contribution in [0, 0.1) is 6.07 Å². The summed E-state index contributed by atoms with van der Waals surface area (Å²) in [5, 5.41) is 0. The van der Waals surface area contributed by atoms with Crippen molar-refractivity contribution in [2.75, 3.05) is 6.54 Å². The van der Waals surface area contributed by atoms with Gasteiger partial charge in [-0.1, -0.05) is 12.1 Å². The van der Waals surface area contributed by atoms with Gasteiger partial charge in [0.2, 0.25) is 10.0 Å². The second kappa shape index (κ2) is 5.79. The summed E-state index contributed by atoms with van der Waals surface area (Å²) in [5.74, 6) is 0.864. The molecule has 1 radical (unpaired) electrons. The molecule has 1 heterocycles. The molecule has 6 heteroatoms. The fourth-order valence-electron chi connectivity index (χ4n) is 1.53. The van der Waals surface area contributed by atoms with Gasteiger partial charge in [0.1, 0.15) is 5.82 Å². The van der Waals surface area contributed by atoms with E-state index in [4.69, 9.17) is 0 Å². The van der Waals surface area contributed by atoms with Crippen LogP contribution in [0.1, 0.15) is 12.2 Å². The second-order valence-corrected chi connectivity index (χ2v) is 5.54. The van der Waals surface area contributed by atoms with Crippen molar-refractivity contribution in [2.24, 2.45) is 0 Å². The van der Waals surface area contributed by atoms with Crippen molar-refractivity contribution in [1.82, 2.24) is 14.7 Å². The quantitative estimate of drug-likeness (QED) is 0.768. The molecule has 5 nitrogen and oxygen atoms in total. The number of nitrogens with zero attached hydrogens (tertiary/aromatic N) is 1. The smallest absolute Gasteiger partial charge is 0.240 e. The third-order valence-corrected chi connectivity index (χ3v) is 3.91. The van der Waals surface area contributed by atoms with Gasteiger partial charge in [0.25, 0.3) is 0 Å². The number of imidazole rings is 1. The lowest BCUT2D eigenvalue weighted by atomic mass is 10.3. The molecule has 0 atom stereocenters. The van der Waals surface area contributed by atoms with Crippen LogP contribution in [0.3, 0.4) is 0 Å². The number of hydrogen-bond acceptors (Lipinski definition) is 3. The molecule has 2 N–H and O–H groups in total. The Hall–Kier alpha value is -1.66. The van der Waals surface area contributed by atoms with E-state index >= 15 is 0 Å². The van der Waals surface area contributed by atoms with Gasteiger partial charge in [-0.05, 0) is 24.6 Å². The SMILES string of the molecule is O=S(=O)(NCCCc1ncc[nH]1)c1cc[c]cc1. The van der Waals surface area contributed by atoms with Crippen molar-refractivity contribution in [3.05, 3.63) is 48.5 Å². The predicted octanol–water partition coefficient (Wildman–Crippen LogP) is 1.12. The molecule has 0 bridgehead atoms. The van der Waals surface area contributed by atoms with Crippen molar-refractivity contribution in [1.29, 1.82) is 0 Å². The normalized spacial score (nSPS) is 11.6. The van der Waals surface area contributed by atoms with Gasteiger partial charge >= 0.3 is 0 Å². The van der Waals surface area contributed by atoms with Crippen LogP contribution < -0.4 is 4.72 Å². The first-order valence-electron chi connectivity index (χ1n) is 5.62. The van der Waals surface area contributed by atoms with Crippen molar-refractivity contribution >= 4 is 10.0 Å². The molecule has 1 aromatic carbocycles. The number of sulfonamides is 1. The Balaban J connectivity index is 1.83. The van der Waals surface area contributed by atoms with Crippen LogP contribution >= 0.6 is 0 Å². The summed E-state index contributed by atoms with van der Waals surface area (Å²) in [5.41, 5.74) is 0. The molecule has 0 aliphatic heterocycles. The molecule has 0 aliphatic rings. The van der Waals surface area contributed by atoms with Crippen molar-refractivity contribution in [3.8, 4) is 0 Å². The molecule has 0 aliphatic carbocycles. The number of aryl methyl sites for hydroxylation is 1. The highest BCUT2D eigenvalue weighted by Gasteiger charge is 2.11. The first-order valence-corrected chi connectivity index (χ1v) is 7.11. The molecular formula is C12H14N3O2S. The maximum Gasteiger partial charge on any atom is 0.240 e. The number of rotatable bonds is 6. The maximum absolute atomic E-state index is 11.8. The fraction of sp³-hybridized carbons (Fsp3) is 0.250. The van der Waals surface area contributed by atoms with Crippen LogP contribution in [0.25, 0.3) is 0 Å². The first kappa shape index (κ1) is 12.8. The van der Waals surface area contributed by atoms with Crippen LogP contribution in [0.2, 0.25) is 0 Å². The Kier molecular flexibility index (Phi) is 4.11. The average Bonchev–Trinajstić information content (AvgIpc) is 2.89. The van der Waals surface area contributed by atoms with E-state index in [-0.39, 0.29) is 4.90 Å². The minimum atomic E-state index is -3.40. The summed E-state index contributed by atoms with van der Waals surface area (Å²) in [6.45, 7) is 0.391. The van der Waals surface area contributed by atoms with Crippen LogP contribution in [0.4, 0.5) is 0 Å². The minimum Gasteiger partial charge on any atom is -0.349 e. The summed E-state index contributed by atoms with van der Waals surface area (Å²) < 4.78 is 26.2. The highest BCUT2D eigenvalue weighted by molar-refractivity contribution is 7.89. The molecule has 0 unspecified atom stereocenters. The Labute approximate surface area is 106 Å². The monoisotopic (exact) mass is 264 g/mol. The molecule has 95 valence electrons. The zero-order valence-electron chi connectivity index (χ0n) is 9.76. The molecule has 0 fully saturated rings. The number of benzene rings is 1. The summed E-state index contributed by atoms with van der Waals surface area (Å²) in [7, 11) is -3.40. The van der Waals surface area contributed by atoms with Gasteiger partial charge in [-0.25, -0.2) is 18.1 Å². The molecular weight excluding hydrogens is 250 g/mol. The van der Waals surface area contributed by atoms with E-state index in [1.54, 1.807) is 24.5 Å². The number of aromatic nitrogens is 2. The van der Waals surface area contributed by atoms with E-state index in [1.165, 1.54) is 12.1 Å². The topological polar surface area (TPSA) is 74.8 Å². The van der Waals surface area contributed by atoms with Gasteiger partial charge in [0.15, 0.2) is 0 Å². The Bertz CT molecular complexity index is 565. The van der Waals surface area contributed by atoms with Gasteiger partial charge in [0.05, 0.1) is 4.90 Å². The van der Waals surface area contributed by atoms with E-state index in [0.717, 1.165) is 12.2 Å². The van der Waals surface area contributed by atoms with E-state index in [1.807, 2.05) is 0 Å². The van der Waals surface area contributed by atoms with Crippen LogP contribution in [0.5, 0.6) is 0 Å². The lowest BCUT2D eigenvalue weighted by Gasteiger charge is -2.05. The molecule has 1 aromatic heterocycles. The van der Waals surface area contributed by atoms with E-state index in [9.17, 15) is 8.42 Å². The molecule has 0 saturated carbocycles. The number of H-pyrrole nitrogens is 1. The molecule has 2 rings (SSSR count). The lowest BCUT2D eigenvalue weighted by Crippen LogP contribution is -2.25. The summed E-state index contributed by atoms with van der Waals surface area (Å²) >= 11 is 0. The van der Waals surface area contributed by atoms with Crippen LogP contribution in [0.15, 0.2) is 41.6 Å². The maximum atomic E-state index is 11.8. The Morgan fingerprint density at radius 1 is 1.33 bits per heavy atom. The van der Waals surface area contributed by atoms with Gasteiger partial charge in [0, 0.05) is 25.4 Å². The second-order valence-electron chi connectivity index (χ2n) is 3.77. The highest BCUT2D eigenvalue weighted by Crippen LogP contribution is 2.06. The van der Waals surface area contributed by atoms with Gasteiger partial charge in [-0.15, -0.1) is 0 Å². The molecule has 18 heavy (non-hydrogen) atoms. The number of aromatic amines is 1. The van der Waals surface area contributed by atoms with Crippen LogP contribution in [-0.2, 0) is 16.4 Å². The Morgan fingerprint density at radius 3 is 2.78 bits per heavy atom. The van der Waals surface area contributed by atoms with E-state index in [0.29, 0.717) is 13.0 Å². The molecule has 2 aromatic rings. The highest BCUT2D eigenvalue weighted by atomic mass is 32.2. The number of nitrogens with one attached hydrogen (secondary N) is 2. The first-order chi connectivity index (χ1) is 8.68. The summed E-state index contributed by atoms with van der Waals surface area (Å²) in [6.07, 6.45) is 4.85. The standard InChI is InChI=1S/C12H14N3O2S/c16-18(17,11-5-2-1-3-6-11)15-8-4-7-12-13-9-10-14-12/h2-3,5-6,9-10,15H,4,7-8H2,(H,13,14). The lowest BCUT2D eigenvalue weighted by molar-refractivity contribution is 0.578. The third kappa shape index (κ3) is 3.41. The van der Waals surface area contributed by atoms with Crippen molar-refractivity contribution < 1.29 is 8.42 Å². The summed E-state index contributed by atoms with van der Waals surface area (Å²) in [6, 6.07) is 8.99. The van der Waals surface area contributed by atoms with Crippen molar-refractivity contribution in [3.63, 3.8) is 0 Å². The fourth-order valence-corrected chi connectivity index (χ4v) is 2.61. The molecule has 0 amide bonds. The van der Waals surface area contributed by atoms with Gasteiger partial charge in [-0.2, -0.15) is 0 Å². The zero-order chi connectivity index (χ0) is 12.8. The Morgan fingerprint density at radius 2 is 2.11 bits per heavy atom. The third-order valence-electron chi connectivity index (χ3n) is 2.44. The van der Waals surface area contributed by atoms with Gasteiger partial charge < -0.3 is 4.98 Å². The molecule has 0 saturated heterocycles. The zero-order valence-corrected chi connectivity index (χ0v) is 10.6. The van der Waals surface area contributed by atoms with Crippen molar-refractivity contribution in [2.45, 2.75) is 17.7 Å². The van der Waals surface area contributed by atoms with E-state index in [2.05, 4.69) is 20.8 Å². The summed E-state index contributed by atoms with van der Waals surface area (Å²) in [4.78, 5) is 7.31. The van der Waals surface area contributed by atoms with Crippen LogP contribution in [-0.4, -0.2) is 24.9 Å². The predicted molar refractivity (Wildman–Crippen MR) is 67.4 cm³/mol.